The van der Waals surface area contributed by atoms with Crippen LogP contribution in [0.4, 0.5) is 0 Å². The number of hydrogen-bond acceptors (Lipinski definition) is 3. The summed E-state index contributed by atoms with van der Waals surface area (Å²) >= 11 is 1.46. The maximum Gasteiger partial charge on any atom is 0.230 e. The van der Waals surface area contributed by atoms with Gasteiger partial charge in [-0.1, -0.05) is 31.7 Å². The molecule has 1 amide bonds. The Balaban J connectivity index is 1.94. The summed E-state index contributed by atoms with van der Waals surface area (Å²) < 4.78 is 1.99. The summed E-state index contributed by atoms with van der Waals surface area (Å²) in [6.45, 7) is 6.22. The number of pyridine rings is 1. The molecular formula is C14H19N3OS. The van der Waals surface area contributed by atoms with E-state index in [1.165, 1.54) is 11.8 Å². The summed E-state index contributed by atoms with van der Waals surface area (Å²) in [5.41, 5.74) is 1.04. The van der Waals surface area contributed by atoms with Gasteiger partial charge in [-0.25, -0.2) is 4.98 Å². The van der Waals surface area contributed by atoms with Crippen molar-refractivity contribution in [1.82, 2.24) is 14.7 Å². The number of thioether (sulfide) groups is 1. The smallest absolute Gasteiger partial charge is 0.230 e. The molecule has 19 heavy (non-hydrogen) atoms. The summed E-state index contributed by atoms with van der Waals surface area (Å²) in [4.78, 5) is 16.1. The van der Waals surface area contributed by atoms with E-state index in [1.807, 2.05) is 41.9 Å². The average molecular weight is 277 g/mol. The number of nitrogens with zero attached hydrogens (tertiary/aromatic N) is 2. The standard InChI is InChI=1S/C14H19N3OS/c1-10(2)11(3)16-13(18)9-19-14-15-8-12-6-4-5-7-17(12)14/h4-8,10-11H,9H2,1-3H3,(H,16,18)/t11-/m1/s1. The molecule has 0 bridgehead atoms. The normalized spacial score (nSPS) is 12.8. The Kier molecular flexibility index (Phi) is 4.47. The molecular weight excluding hydrogens is 258 g/mol. The third kappa shape index (κ3) is 3.50. The first-order valence-electron chi connectivity index (χ1n) is 6.42. The van der Waals surface area contributed by atoms with Gasteiger partial charge in [0.2, 0.25) is 5.91 Å². The molecule has 102 valence electrons. The van der Waals surface area contributed by atoms with Crippen LogP contribution >= 0.6 is 11.8 Å². The molecule has 2 aromatic heterocycles. The van der Waals surface area contributed by atoms with Gasteiger partial charge in [-0.2, -0.15) is 0 Å². The minimum absolute atomic E-state index is 0.0545. The van der Waals surface area contributed by atoms with E-state index in [-0.39, 0.29) is 11.9 Å². The molecule has 1 atom stereocenters. The highest BCUT2D eigenvalue weighted by molar-refractivity contribution is 7.99. The summed E-state index contributed by atoms with van der Waals surface area (Å²) in [5, 5.41) is 3.84. The first-order chi connectivity index (χ1) is 9.08. The number of rotatable bonds is 5. The van der Waals surface area contributed by atoms with Crippen molar-refractivity contribution in [3.05, 3.63) is 30.6 Å². The highest BCUT2D eigenvalue weighted by Crippen LogP contribution is 2.18. The van der Waals surface area contributed by atoms with E-state index in [1.54, 1.807) is 0 Å². The first kappa shape index (κ1) is 13.9. The maximum absolute atomic E-state index is 11.8. The largest absolute Gasteiger partial charge is 0.353 e. The number of aromatic nitrogens is 2. The fourth-order valence-corrected chi connectivity index (χ4v) is 2.39. The SMILES string of the molecule is CC(C)[C@@H](C)NC(=O)CSc1ncc2ccccn12. The third-order valence-corrected chi connectivity index (χ3v) is 4.09. The van der Waals surface area contributed by atoms with Crippen LogP contribution in [0.2, 0.25) is 0 Å². The second kappa shape index (κ2) is 6.10. The molecule has 0 aliphatic heterocycles. The summed E-state index contributed by atoms with van der Waals surface area (Å²) in [6, 6.07) is 6.13. The summed E-state index contributed by atoms with van der Waals surface area (Å²) in [6.07, 6.45) is 3.77. The molecule has 2 heterocycles. The van der Waals surface area contributed by atoms with Crippen molar-refractivity contribution in [3.63, 3.8) is 0 Å². The minimum Gasteiger partial charge on any atom is -0.353 e. The van der Waals surface area contributed by atoms with E-state index in [4.69, 9.17) is 0 Å². The van der Waals surface area contributed by atoms with E-state index in [0.29, 0.717) is 11.7 Å². The van der Waals surface area contributed by atoms with Crippen molar-refractivity contribution < 1.29 is 4.79 Å². The topological polar surface area (TPSA) is 46.4 Å². The zero-order valence-electron chi connectivity index (χ0n) is 11.5. The zero-order chi connectivity index (χ0) is 13.8. The lowest BCUT2D eigenvalue weighted by Gasteiger charge is -2.16. The van der Waals surface area contributed by atoms with Crippen LogP contribution in [0.3, 0.4) is 0 Å². The molecule has 0 aliphatic carbocycles. The van der Waals surface area contributed by atoms with Gasteiger partial charge in [0.1, 0.15) is 0 Å². The second-order valence-electron chi connectivity index (χ2n) is 4.93. The fourth-order valence-electron chi connectivity index (χ4n) is 1.62. The Morgan fingerprint density at radius 2 is 2.21 bits per heavy atom. The Labute approximate surface area is 117 Å². The van der Waals surface area contributed by atoms with Crippen molar-refractivity contribution in [2.75, 3.05) is 5.75 Å². The quantitative estimate of drug-likeness (QED) is 0.855. The van der Waals surface area contributed by atoms with Crippen molar-refractivity contribution in [1.29, 1.82) is 0 Å². The minimum atomic E-state index is 0.0545. The van der Waals surface area contributed by atoms with Gasteiger partial charge in [0.15, 0.2) is 5.16 Å². The number of carbonyl (C=O) groups excluding carboxylic acids is 1. The zero-order valence-corrected chi connectivity index (χ0v) is 12.3. The van der Waals surface area contributed by atoms with Gasteiger partial charge in [-0.05, 0) is 25.0 Å². The molecule has 0 fully saturated rings. The Morgan fingerprint density at radius 1 is 1.42 bits per heavy atom. The number of amides is 1. The molecule has 4 nitrogen and oxygen atoms in total. The lowest BCUT2D eigenvalue weighted by atomic mass is 10.1. The van der Waals surface area contributed by atoms with Crippen molar-refractivity contribution in [2.45, 2.75) is 32.0 Å². The van der Waals surface area contributed by atoms with E-state index in [0.717, 1.165) is 10.7 Å². The van der Waals surface area contributed by atoms with E-state index in [2.05, 4.69) is 24.1 Å². The Morgan fingerprint density at radius 3 is 2.95 bits per heavy atom. The predicted molar refractivity (Wildman–Crippen MR) is 78.4 cm³/mol. The van der Waals surface area contributed by atoms with Gasteiger partial charge in [-0.15, -0.1) is 0 Å². The van der Waals surface area contributed by atoms with Crippen LogP contribution in [0.5, 0.6) is 0 Å². The van der Waals surface area contributed by atoms with Gasteiger partial charge in [-0.3, -0.25) is 9.20 Å². The van der Waals surface area contributed by atoms with Crippen molar-refractivity contribution >= 4 is 23.2 Å². The van der Waals surface area contributed by atoms with Crippen LogP contribution in [0.1, 0.15) is 20.8 Å². The molecule has 2 rings (SSSR count). The van der Waals surface area contributed by atoms with Gasteiger partial charge in [0, 0.05) is 12.2 Å². The molecule has 0 spiro atoms. The number of nitrogens with one attached hydrogen (secondary N) is 1. The van der Waals surface area contributed by atoms with Gasteiger partial charge in [0.25, 0.3) is 0 Å². The highest BCUT2D eigenvalue weighted by atomic mass is 32.2. The predicted octanol–water partition coefficient (Wildman–Crippen LogP) is 2.59. The molecule has 0 saturated heterocycles. The van der Waals surface area contributed by atoms with Crippen LogP contribution in [0.15, 0.2) is 35.7 Å². The van der Waals surface area contributed by atoms with Crippen LogP contribution in [-0.2, 0) is 4.79 Å². The molecule has 1 N–H and O–H groups in total. The molecule has 2 aromatic rings. The first-order valence-corrected chi connectivity index (χ1v) is 7.40. The lowest BCUT2D eigenvalue weighted by Crippen LogP contribution is -2.37. The van der Waals surface area contributed by atoms with E-state index < -0.39 is 0 Å². The summed E-state index contributed by atoms with van der Waals surface area (Å²) in [7, 11) is 0. The number of hydrogen-bond donors (Lipinski definition) is 1. The highest BCUT2D eigenvalue weighted by Gasteiger charge is 2.12. The third-order valence-electron chi connectivity index (χ3n) is 3.13. The molecule has 0 radical (unpaired) electrons. The molecule has 0 saturated carbocycles. The van der Waals surface area contributed by atoms with Crippen LogP contribution in [-0.4, -0.2) is 27.1 Å². The number of fused-ring (bicyclic) bond motifs is 1. The molecule has 5 heteroatoms. The molecule has 0 aliphatic rings. The Bertz CT molecular complexity index is 565. The summed E-state index contributed by atoms with van der Waals surface area (Å²) in [5.74, 6) is 0.894. The van der Waals surface area contributed by atoms with Crippen LogP contribution in [0.25, 0.3) is 5.52 Å². The monoisotopic (exact) mass is 277 g/mol. The van der Waals surface area contributed by atoms with E-state index in [9.17, 15) is 4.79 Å². The number of imidazole rings is 1. The lowest BCUT2D eigenvalue weighted by molar-refractivity contribution is -0.119. The second-order valence-corrected chi connectivity index (χ2v) is 5.87. The van der Waals surface area contributed by atoms with Gasteiger partial charge >= 0.3 is 0 Å². The van der Waals surface area contributed by atoms with Gasteiger partial charge in [0.05, 0.1) is 17.5 Å². The molecule has 0 unspecified atom stereocenters. The fraction of sp³-hybridized carbons (Fsp3) is 0.429. The van der Waals surface area contributed by atoms with Crippen LogP contribution < -0.4 is 5.32 Å². The maximum atomic E-state index is 11.8. The number of carbonyl (C=O) groups is 1. The average Bonchev–Trinajstić information content (AvgIpc) is 2.79. The van der Waals surface area contributed by atoms with E-state index >= 15 is 0 Å². The van der Waals surface area contributed by atoms with Crippen LogP contribution in [0, 0.1) is 5.92 Å². The van der Waals surface area contributed by atoms with Crippen molar-refractivity contribution in [2.24, 2.45) is 5.92 Å². The van der Waals surface area contributed by atoms with Gasteiger partial charge < -0.3 is 5.32 Å². The Hall–Kier alpha value is -1.49. The van der Waals surface area contributed by atoms with Crippen molar-refractivity contribution in [3.8, 4) is 0 Å². The molecule has 0 aromatic carbocycles.